The Morgan fingerprint density at radius 3 is 3.13 bits per heavy atom. The molecule has 0 aliphatic carbocycles. The van der Waals surface area contributed by atoms with Gasteiger partial charge in [0.1, 0.15) is 6.10 Å². The summed E-state index contributed by atoms with van der Waals surface area (Å²) in [5, 5.41) is 12.0. The van der Waals surface area contributed by atoms with E-state index in [1.807, 2.05) is 6.92 Å². The second-order valence-corrected chi connectivity index (χ2v) is 3.68. The van der Waals surface area contributed by atoms with Crippen molar-refractivity contribution in [2.75, 3.05) is 13.1 Å². The van der Waals surface area contributed by atoms with Crippen molar-refractivity contribution in [2.24, 2.45) is 0 Å². The second-order valence-electron chi connectivity index (χ2n) is 3.68. The Hall–Kier alpha value is -1.60. The molecule has 0 bridgehead atoms. The van der Waals surface area contributed by atoms with Gasteiger partial charge in [0.05, 0.1) is 11.6 Å². The molecule has 1 aliphatic heterocycles. The molecule has 0 unspecified atom stereocenters. The summed E-state index contributed by atoms with van der Waals surface area (Å²) in [6.45, 7) is 3.71. The van der Waals surface area contributed by atoms with Crippen molar-refractivity contribution in [3.63, 3.8) is 0 Å². The fourth-order valence-electron chi connectivity index (χ4n) is 1.66. The number of nitriles is 1. The SMILES string of the molecule is Cc1cc(C#N)cc(O[C@@H]2CCNC2)n1. The van der Waals surface area contributed by atoms with Gasteiger partial charge in [-0.15, -0.1) is 0 Å². The van der Waals surface area contributed by atoms with E-state index in [0.29, 0.717) is 11.4 Å². The summed E-state index contributed by atoms with van der Waals surface area (Å²) in [5.41, 5.74) is 1.42. The molecule has 15 heavy (non-hydrogen) atoms. The quantitative estimate of drug-likeness (QED) is 0.779. The highest BCUT2D eigenvalue weighted by atomic mass is 16.5. The van der Waals surface area contributed by atoms with Crippen LogP contribution in [0.5, 0.6) is 5.88 Å². The Labute approximate surface area is 88.9 Å². The van der Waals surface area contributed by atoms with Crippen LogP contribution < -0.4 is 10.1 Å². The molecule has 78 valence electrons. The van der Waals surface area contributed by atoms with Crippen LogP contribution in [0.1, 0.15) is 17.7 Å². The lowest BCUT2D eigenvalue weighted by Gasteiger charge is -2.11. The number of hydrogen-bond acceptors (Lipinski definition) is 4. The van der Waals surface area contributed by atoms with E-state index in [0.717, 1.165) is 25.2 Å². The molecule has 2 rings (SSSR count). The van der Waals surface area contributed by atoms with Gasteiger partial charge in [0.15, 0.2) is 0 Å². The van der Waals surface area contributed by atoms with Crippen LogP contribution >= 0.6 is 0 Å². The van der Waals surface area contributed by atoms with Gasteiger partial charge in [0.2, 0.25) is 5.88 Å². The highest BCUT2D eigenvalue weighted by Gasteiger charge is 2.16. The number of aryl methyl sites for hydroxylation is 1. The van der Waals surface area contributed by atoms with Gasteiger partial charge in [-0.1, -0.05) is 0 Å². The van der Waals surface area contributed by atoms with Crippen LogP contribution in [0.4, 0.5) is 0 Å². The van der Waals surface area contributed by atoms with Crippen LogP contribution in [0.25, 0.3) is 0 Å². The van der Waals surface area contributed by atoms with Crippen molar-refractivity contribution in [2.45, 2.75) is 19.4 Å². The van der Waals surface area contributed by atoms with Gasteiger partial charge >= 0.3 is 0 Å². The van der Waals surface area contributed by atoms with Crippen LogP contribution in [-0.4, -0.2) is 24.2 Å². The van der Waals surface area contributed by atoms with E-state index in [2.05, 4.69) is 16.4 Å². The van der Waals surface area contributed by atoms with E-state index in [9.17, 15) is 0 Å². The summed E-state index contributed by atoms with van der Waals surface area (Å²) in [5.74, 6) is 0.556. The molecule has 0 aromatic carbocycles. The minimum absolute atomic E-state index is 0.186. The molecule has 1 atom stereocenters. The van der Waals surface area contributed by atoms with E-state index >= 15 is 0 Å². The summed E-state index contributed by atoms with van der Waals surface area (Å²) >= 11 is 0. The van der Waals surface area contributed by atoms with E-state index in [4.69, 9.17) is 10.00 Å². The number of rotatable bonds is 2. The molecule has 0 saturated carbocycles. The monoisotopic (exact) mass is 203 g/mol. The number of nitrogens with one attached hydrogen (secondary N) is 1. The fraction of sp³-hybridized carbons (Fsp3) is 0.455. The molecule has 0 spiro atoms. The standard InChI is InChI=1S/C11H13N3O/c1-8-4-9(6-12)5-11(14-8)15-10-2-3-13-7-10/h4-5,10,13H,2-3,7H2,1H3/t10-/m1/s1. The zero-order valence-corrected chi connectivity index (χ0v) is 8.66. The summed E-state index contributed by atoms with van der Waals surface area (Å²) in [7, 11) is 0. The van der Waals surface area contributed by atoms with Gasteiger partial charge in [-0.3, -0.25) is 0 Å². The zero-order chi connectivity index (χ0) is 10.7. The summed E-state index contributed by atoms with van der Waals surface area (Å²) < 4.78 is 5.67. The minimum Gasteiger partial charge on any atom is -0.473 e. The first kappa shape index (κ1) is 9.94. The third-order valence-corrected chi connectivity index (χ3v) is 2.36. The van der Waals surface area contributed by atoms with E-state index < -0.39 is 0 Å². The summed E-state index contributed by atoms with van der Waals surface area (Å²) in [4.78, 5) is 4.24. The molecule has 1 fully saturated rings. The Morgan fingerprint density at radius 1 is 1.60 bits per heavy atom. The predicted octanol–water partition coefficient (Wildman–Crippen LogP) is 1.00. The summed E-state index contributed by atoms with van der Waals surface area (Å²) in [6.07, 6.45) is 1.18. The van der Waals surface area contributed by atoms with Gasteiger partial charge in [-0.25, -0.2) is 4.98 Å². The Balaban J connectivity index is 2.13. The lowest BCUT2D eigenvalue weighted by atomic mass is 10.2. The molecular formula is C11H13N3O. The average Bonchev–Trinajstić information content (AvgIpc) is 2.69. The Kier molecular flexibility index (Phi) is 2.84. The first-order valence-electron chi connectivity index (χ1n) is 5.04. The van der Waals surface area contributed by atoms with Crippen molar-refractivity contribution in [3.8, 4) is 11.9 Å². The molecule has 2 heterocycles. The molecule has 4 heteroatoms. The summed E-state index contributed by atoms with van der Waals surface area (Å²) in [6, 6.07) is 5.53. The molecule has 4 nitrogen and oxygen atoms in total. The first-order valence-corrected chi connectivity index (χ1v) is 5.04. The van der Waals surface area contributed by atoms with Gasteiger partial charge in [0.25, 0.3) is 0 Å². The number of ether oxygens (including phenoxy) is 1. The molecule has 1 aliphatic rings. The van der Waals surface area contributed by atoms with Crippen LogP contribution in [0, 0.1) is 18.3 Å². The van der Waals surface area contributed by atoms with E-state index in [1.165, 1.54) is 0 Å². The largest absolute Gasteiger partial charge is 0.473 e. The smallest absolute Gasteiger partial charge is 0.215 e. The molecule has 1 N–H and O–H groups in total. The van der Waals surface area contributed by atoms with Crippen molar-refractivity contribution in [1.82, 2.24) is 10.3 Å². The van der Waals surface area contributed by atoms with Gasteiger partial charge in [0, 0.05) is 18.3 Å². The molecular weight excluding hydrogens is 190 g/mol. The highest BCUT2D eigenvalue weighted by Crippen LogP contribution is 2.15. The minimum atomic E-state index is 0.186. The van der Waals surface area contributed by atoms with Crippen molar-refractivity contribution in [1.29, 1.82) is 5.26 Å². The van der Waals surface area contributed by atoms with E-state index in [1.54, 1.807) is 12.1 Å². The van der Waals surface area contributed by atoms with Gasteiger partial charge in [-0.2, -0.15) is 5.26 Å². The number of aromatic nitrogens is 1. The molecule has 1 saturated heterocycles. The zero-order valence-electron chi connectivity index (χ0n) is 8.66. The van der Waals surface area contributed by atoms with Gasteiger partial charge < -0.3 is 10.1 Å². The van der Waals surface area contributed by atoms with Crippen molar-refractivity contribution < 1.29 is 4.74 Å². The molecule has 0 radical (unpaired) electrons. The predicted molar refractivity (Wildman–Crippen MR) is 55.6 cm³/mol. The van der Waals surface area contributed by atoms with Gasteiger partial charge in [-0.05, 0) is 26.0 Å². The maximum Gasteiger partial charge on any atom is 0.215 e. The lowest BCUT2D eigenvalue weighted by Crippen LogP contribution is -2.20. The number of pyridine rings is 1. The molecule has 1 aromatic rings. The second kappa shape index (κ2) is 4.28. The van der Waals surface area contributed by atoms with Crippen molar-refractivity contribution in [3.05, 3.63) is 23.4 Å². The third kappa shape index (κ3) is 2.45. The number of nitrogens with zero attached hydrogens (tertiary/aromatic N) is 2. The highest BCUT2D eigenvalue weighted by molar-refractivity contribution is 5.34. The molecule has 1 aromatic heterocycles. The normalized spacial score (nSPS) is 19.9. The Bertz CT molecular complexity index is 391. The Morgan fingerprint density at radius 2 is 2.47 bits per heavy atom. The maximum atomic E-state index is 8.80. The number of hydrogen-bond donors (Lipinski definition) is 1. The first-order chi connectivity index (χ1) is 7.28. The van der Waals surface area contributed by atoms with Crippen LogP contribution in [0.15, 0.2) is 12.1 Å². The van der Waals surface area contributed by atoms with Crippen molar-refractivity contribution >= 4 is 0 Å². The maximum absolute atomic E-state index is 8.80. The van der Waals surface area contributed by atoms with E-state index in [-0.39, 0.29) is 6.10 Å². The van der Waals surface area contributed by atoms with Crippen LogP contribution in [0.3, 0.4) is 0 Å². The lowest BCUT2D eigenvalue weighted by molar-refractivity contribution is 0.213. The third-order valence-electron chi connectivity index (χ3n) is 2.36. The fourth-order valence-corrected chi connectivity index (χ4v) is 1.66. The van der Waals surface area contributed by atoms with Crippen LogP contribution in [0.2, 0.25) is 0 Å². The average molecular weight is 203 g/mol. The topological polar surface area (TPSA) is 57.9 Å². The molecule has 0 amide bonds. The van der Waals surface area contributed by atoms with Crippen LogP contribution in [-0.2, 0) is 0 Å².